The van der Waals surface area contributed by atoms with Crippen LogP contribution < -0.4 is 10.6 Å². The van der Waals surface area contributed by atoms with Crippen molar-refractivity contribution in [3.05, 3.63) is 0 Å². The zero-order valence-electron chi connectivity index (χ0n) is 15.8. The van der Waals surface area contributed by atoms with Gasteiger partial charge in [0.1, 0.15) is 0 Å². The van der Waals surface area contributed by atoms with Gasteiger partial charge in [0, 0.05) is 13.1 Å². The summed E-state index contributed by atoms with van der Waals surface area (Å²) < 4.78 is 0. The third-order valence-corrected chi connectivity index (χ3v) is 6.68. The third-order valence-electron chi connectivity index (χ3n) is 6.68. The molecule has 2 nitrogen and oxygen atoms in total. The van der Waals surface area contributed by atoms with Crippen LogP contribution in [0.5, 0.6) is 0 Å². The van der Waals surface area contributed by atoms with Crippen molar-refractivity contribution in [2.75, 3.05) is 13.1 Å². The van der Waals surface area contributed by atoms with Gasteiger partial charge in [-0.25, -0.2) is 0 Å². The molecule has 2 aliphatic rings. The van der Waals surface area contributed by atoms with Crippen LogP contribution in [0.25, 0.3) is 0 Å². The molecule has 2 fully saturated rings. The van der Waals surface area contributed by atoms with Crippen LogP contribution in [0.1, 0.15) is 79.6 Å². The zero-order valence-corrected chi connectivity index (χ0v) is 15.8. The molecule has 1 unspecified atom stereocenters. The van der Waals surface area contributed by atoms with E-state index in [4.69, 9.17) is 0 Å². The topological polar surface area (TPSA) is 24.1 Å². The smallest absolute Gasteiger partial charge is 0.0600 e. The Hall–Kier alpha value is -0.0800. The molecule has 0 amide bonds. The Bertz CT molecular complexity index is 310. The Balaban J connectivity index is 1.81. The minimum atomic E-state index is 0.547. The summed E-state index contributed by atoms with van der Waals surface area (Å²) in [5.74, 6) is 3.39. The first-order valence-electron chi connectivity index (χ1n) is 9.91. The van der Waals surface area contributed by atoms with Gasteiger partial charge < -0.3 is 10.6 Å². The van der Waals surface area contributed by atoms with Crippen molar-refractivity contribution >= 4 is 0 Å². The third kappa shape index (κ3) is 4.71. The summed E-state index contributed by atoms with van der Waals surface area (Å²) in [4.78, 5) is 0. The largest absolute Gasteiger partial charge is 0.301 e. The lowest BCUT2D eigenvalue weighted by Crippen LogP contribution is -2.59. The minimum absolute atomic E-state index is 0.547. The average molecular weight is 309 g/mol. The Morgan fingerprint density at radius 2 is 1.64 bits per heavy atom. The van der Waals surface area contributed by atoms with Gasteiger partial charge in [0.05, 0.1) is 6.17 Å². The van der Waals surface area contributed by atoms with Crippen LogP contribution in [-0.4, -0.2) is 19.3 Å². The molecule has 0 bridgehead atoms. The van der Waals surface area contributed by atoms with Gasteiger partial charge in [-0.3, -0.25) is 0 Å². The number of hydrogen-bond donors (Lipinski definition) is 2. The first kappa shape index (κ1) is 18.3. The normalized spacial score (nSPS) is 38.2. The molecule has 0 aromatic rings. The van der Waals surface area contributed by atoms with Gasteiger partial charge in [0.25, 0.3) is 0 Å². The highest BCUT2D eigenvalue weighted by molar-refractivity contribution is 4.93. The summed E-state index contributed by atoms with van der Waals surface area (Å²) in [6.07, 6.45) is 10.3. The van der Waals surface area contributed by atoms with E-state index >= 15 is 0 Å². The lowest BCUT2D eigenvalue weighted by molar-refractivity contribution is 0.0634. The van der Waals surface area contributed by atoms with Crippen molar-refractivity contribution in [1.82, 2.24) is 10.6 Å². The summed E-state index contributed by atoms with van der Waals surface area (Å²) in [7, 11) is 0. The lowest BCUT2D eigenvalue weighted by atomic mass is 9.64. The van der Waals surface area contributed by atoms with Crippen LogP contribution in [0.2, 0.25) is 0 Å². The highest BCUT2D eigenvalue weighted by Gasteiger charge is 2.39. The molecule has 1 aliphatic heterocycles. The van der Waals surface area contributed by atoms with E-state index in [9.17, 15) is 0 Å². The van der Waals surface area contributed by atoms with Crippen molar-refractivity contribution in [2.45, 2.75) is 85.7 Å². The second-order valence-electron chi connectivity index (χ2n) is 8.97. The van der Waals surface area contributed by atoms with Crippen molar-refractivity contribution in [3.63, 3.8) is 0 Å². The number of hydrogen-bond acceptors (Lipinski definition) is 2. The number of nitrogens with one attached hydrogen (secondary N) is 2. The monoisotopic (exact) mass is 308 g/mol. The molecular weight excluding hydrogens is 268 g/mol. The van der Waals surface area contributed by atoms with E-state index < -0.39 is 0 Å². The molecule has 0 aromatic heterocycles. The molecule has 1 aliphatic carbocycles. The van der Waals surface area contributed by atoms with Crippen LogP contribution in [0, 0.1) is 29.1 Å². The molecule has 2 heteroatoms. The second-order valence-corrected chi connectivity index (χ2v) is 8.97. The van der Waals surface area contributed by atoms with Crippen molar-refractivity contribution in [1.29, 1.82) is 0 Å². The van der Waals surface area contributed by atoms with Crippen LogP contribution in [0.3, 0.4) is 0 Å². The lowest BCUT2D eigenvalue weighted by Gasteiger charge is -2.47. The van der Waals surface area contributed by atoms with E-state index in [1.54, 1.807) is 0 Å². The number of rotatable bonds is 6. The second kappa shape index (κ2) is 8.15. The molecule has 0 radical (unpaired) electrons. The molecule has 22 heavy (non-hydrogen) atoms. The van der Waals surface area contributed by atoms with E-state index in [1.165, 1.54) is 58.0 Å². The van der Waals surface area contributed by atoms with E-state index in [0.717, 1.165) is 23.7 Å². The summed E-state index contributed by atoms with van der Waals surface area (Å²) in [6, 6.07) is 0. The Labute approximate surface area is 139 Å². The summed E-state index contributed by atoms with van der Waals surface area (Å²) in [5.41, 5.74) is 0.567. The van der Waals surface area contributed by atoms with Gasteiger partial charge in [0.15, 0.2) is 0 Å². The molecule has 1 atom stereocenters. The first-order chi connectivity index (χ1) is 10.4. The zero-order chi connectivity index (χ0) is 16.2. The first-order valence-corrected chi connectivity index (χ1v) is 9.91. The van der Waals surface area contributed by atoms with Crippen molar-refractivity contribution in [2.24, 2.45) is 29.1 Å². The van der Waals surface area contributed by atoms with Crippen LogP contribution in [0.4, 0.5) is 0 Å². The molecule has 1 heterocycles. The molecule has 1 saturated heterocycles. The quantitative estimate of drug-likeness (QED) is 0.736. The van der Waals surface area contributed by atoms with E-state index in [-0.39, 0.29) is 0 Å². The molecule has 0 spiro atoms. The molecular formula is C20H40N2. The maximum Gasteiger partial charge on any atom is 0.0600 e. The van der Waals surface area contributed by atoms with Crippen LogP contribution in [0.15, 0.2) is 0 Å². The highest BCUT2D eigenvalue weighted by Crippen LogP contribution is 2.44. The fourth-order valence-corrected chi connectivity index (χ4v) is 4.49. The summed E-state index contributed by atoms with van der Waals surface area (Å²) >= 11 is 0. The average Bonchev–Trinajstić information content (AvgIpc) is 2.51. The summed E-state index contributed by atoms with van der Waals surface area (Å²) in [5, 5.41) is 7.73. The Morgan fingerprint density at radius 1 is 1.05 bits per heavy atom. The van der Waals surface area contributed by atoms with E-state index in [0.29, 0.717) is 11.6 Å². The molecule has 2 N–H and O–H groups in total. The van der Waals surface area contributed by atoms with E-state index in [1.807, 2.05) is 0 Å². The molecule has 130 valence electrons. The highest BCUT2D eigenvalue weighted by atomic mass is 15.2. The van der Waals surface area contributed by atoms with Gasteiger partial charge in [-0.15, -0.1) is 0 Å². The van der Waals surface area contributed by atoms with Gasteiger partial charge in [-0.1, -0.05) is 60.3 Å². The standard InChI is InChI=1S/C20H40N2/c1-6-17(8-7-15(2)3)19-21-13-18(14-22-19)20(5)11-9-16(4)10-12-20/h15-19,21-22H,6-14H2,1-5H3. The molecule has 2 rings (SSSR count). The van der Waals surface area contributed by atoms with Gasteiger partial charge >= 0.3 is 0 Å². The van der Waals surface area contributed by atoms with Gasteiger partial charge in [-0.2, -0.15) is 0 Å². The maximum atomic E-state index is 3.87. The van der Waals surface area contributed by atoms with Crippen molar-refractivity contribution < 1.29 is 0 Å². The maximum absolute atomic E-state index is 3.87. The van der Waals surface area contributed by atoms with Gasteiger partial charge in [-0.05, 0) is 48.3 Å². The van der Waals surface area contributed by atoms with Crippen LogP contribution in [-0.2, 0) is 0 Å². The predicted octanol–water partition coefficient (Wildman–Crippen LogP) is 4.80. The van der Waals surface area contributed by atoms with Crippen molar-refractivity contribution in [3.8, 4) is 0 Å². The fourth-order valence-electron chi connectivity index (χ4n) is 4.49. The SMILES string of the molecule is CCC(CCC(C)C)C1NCC(C2(C)CCC(C)CC2)CN1. The molecule has 1 saturated carbocycles. The Morgan fingerprint density at radius 3 is 2.14 bits per heavy atom. The van der Waals surface area contributed by atoms with Crippen LogP contribution >= 0.6 is 0 Å². The minimum Gasteiger partial charge on any atom is -0.301 e. The Kier molecular flexibility index (Phi) is 6.76. The summed E-state index contributed by atoms with van der Waals surface area (Å²) in [6.45, 7) is 14.5. The van der Waals surface area contributed by atoms with Gasteiger partial charge in [0.2, 0.25) is 0 Å². The molecule has 0 aromatic carbocycles. The van der Waals surface area contributed by atoms with E-state index in [2.05, 4.69) is 45.3 Å². The predicted molar refractivity (Wildman–Crippen MR) is 96.9 cm³/mol. The fraction of sp³-hybridized carbons (Fsp3) is 1.00.